The zero-order chi connectivity index (χ0) is 14.5. The van der Waals surface area contributed by atoms with Gasteiger partial charge in [0.1, 0.15) is 5.69 Å². The Hall–Kier alpha value is -2.69. The van der Waals surface area contributed by atoms with E-state index in [1.807, 2.05) is 18.2 Å². The predicted molar refractivity (Wildman–Crippen MR) is 73.3 cm³/mol. The van der Waals surface area contributed by atoms with Gasteiger partial charge in [-0.25, -0.2) is 4.79 Å². The summed E-state index contributed by atoms with van der Waals surface area (Å²) >= 11 is 0. The number of hydroxylamine groups is 1. The Morgan fingerprint density at radius 2 is 2.15 bits per heavy atom. The molecule has 1 aromatic carbocycles. The van der Waals surface area contributed by atoms with Crippen LogP contribution >= 0.6 is 0 Å². The Morgan fingerprint density at radius 1 is 1.35 bits per heavy atom. The van der Waals surface area contributed by atoms with Crippen molar-refractivity contribution in [2.75, 3.05) is 0 Å². The number of carboxylic acid groups (broad SMARTS) is 1. The average molecular weight is 271 g/mol. The number of carboxylic acids is 1. The van der Waals surface area contributed by atoms with Gasteiger partial charge in [0.25, 0.3) is 0 Å². The van der Waals surface area contributed by atoms with Crippen LogP contribution in [0.2, 0.25) is 0 Å². The van der Waals surface area contributed by atoms with E-state index < -0.39 is 5.97 Å². The van der Waals surface area contributed by atoms with Crippen molar-refractivity contribution in [2.45, 2.75) is 13.5 Å². The second-order valence-electron chi connectivity index (χ2n) is 4.43. The molecule has 5 nitrogen and oxygen atoms in total. The van der Waals surface area contributed by atoms with Crippen LogP contribution in [-0.4, -0.2) is 32.2 Å². The second-order valence-corrected chi connectivity index (χ2v) is 4.43. The molecule has 0 radical (unpaired) electrons. The molecule has 0 spiro atoms. The molecule has 0 amide bonds. The summed E-state index contributed by atoms with van der Waals surface area (Å²) in [5.41, 5.74) is 2.38. The van der Waals surface area contributed by atoms with Crippen LogP contribution in [0.15, 0.2) is 42.6 Å². The number of pyridine rings is 1. The molecular weight excluding hydrogens is 256 g/mol. The molecule has 0 aliphatic heterocycles. The first-order valence-electron chi connectivity index (χ1n) is 6.10. The normalized spacial score (nSPS) is 11.3. The maximum Gasteiger partial charge on any atom is 0.335 e. The van der Waals surface area contributed by atoms with Gasteiger partial charge in [0, 0.05) is 11.8 Å². The molecule has 102 valence electrons. The largest absolute Gasteiger partial charge is 0.478 e. The Balaban J connectivity index is 2.18. The van der Waals surface area contributed by atoms with Gasteiger partial charge in [-0.3, -0.25) is 10.2 Å². The van der Waals surface area contributed by atoms with Gasteiger partial charge >= 0.3 is 5.97 Å². The third kappa shape index (κ3) is 3.41. The average Bonchev–Trinajstić information content (AvgIpc) is 2.39. The first kappa shape index (κ1) is 13.7. The fourth-order valence-electron chi connectivity index (χ4n) is 1.88. The number of aromatic carboxylic acids is 1. The molecule has 1 heterocycles. The van der Waals surface area contributed by atoms with Crippen molar-refractivity contribution in [3.63, 3.8) is 0 Å². The lowest BCUT2D eigenvalue weighted by atomic mass is 10.1. The van der Waals surface area contributed by atoms with E-state index in [9.17, 15) is 10.0 Å². The van der Waals surface area contributed by atoms with Crippen LogP contribution in [0.4, 0.5) is 0 Å². The highest BCUT2D eigenvalue weighted by molar-refractivity contribution is 5.90. The number of benzene rings is 1. The van der Waals surface area contributed by atoms with Crippen LogP contribution in [0.5, 0.6) is 0 Å². The van der Waals surface area contributed by atoms with Crippen LogP contribution in [0.25, 0.3) is 0 Å². The van der Waals surface area contributed by atoms with Crippen molar-refractivity contribution in [3.05, 3.63) is 65.0 Å². The number of rotatable bonds is 4. The molecule has 0 unspecified atom stereocenters. The van der Waals surface area contributed by atoms with Gasteiger partial charge in [0.05, 0.1) is 5.56 Å². The van der Waals surface area contributed by atoms with Crippen molar-refractivity contribution < 1.29 is 19.8 Å². The number of hydrogen-bond acceptors (Lipinski definition) is 3. The molecule has 0 bridgehead atoms. The minimum absolute atomic E-state index is 0.261. The maximum atomic E-state index is 10.9. The number of nitrogens with zero attached hydrogens (tertiary/aromatic N) is 2. The van der Waals surface area contributed by atoms with Gasteiger partial charge in [-0.2, -0.15) is 0 Å². The molecule has 0 aliphatic rings. The van der Waals surface area contributed by atoms with Crippen LogP contribution in [0.3, 0.4) is 0 Å². The predicted octanol–water partition coefficient (Wildman–Crippen LogP) is 2.11. The first-order chi connectivity index (χ1) is 9.56. The summed E-state index contributed by atoms with van der Waals surface area (Å²) in [6.07, 6.45) is 3.20. The van der Waals surface area contributed by atoms with E-state index in [0.717, 1.165) is 16.0 Å². The van der Waals surface area contributed by atoms with E-state index in [-0.39, 0.29) is 12.1 Å². The van der Waals surface area contributed by atoms with E-state index in [4.69, 9.17) is 5.11 Å². The Bertz CT molecular complexity index is 651. The van der Waals surface area contributed by atoms with Crippen LogP contribution < -0.4 is 0 Å². The van der Waals surface area contributed by atoms with Gasteiger partial charge in [0.2, 0.25) is 12.8 Å². The smallest absolute Gasteiger partial charge is 0.335 e. The van der Waals surface area contributed by atoms with Gasteiger partial charge in [-0.1, -0.05) is 6.07 Å². The standard InChI is InChI=1S/C15H14N2O3/c1-11-8-12(5-6-14(11)15(18)19)9-17(20)10-13-4-2-3-7-16-13/h2-9H,10H2,1H3,(H-,18,19,20)/p+1. The molecule has 0 atom stereocenters. The number of aryl methyl sites for hydroxylation is 1. The SMILES string of the molecule is Cc1cc(C=[N+](O)Cc2ccccn2)ccc1C(=O)O. The number of aromatic nitrogens is 1. The van der Waals surface area contributed by atoms with Gasteiger partial charge in [-0.15, -0.1) is 0 Å². The highest BCUT2D eigenvalue weighted by Gasteiger charge is 2.09. The molecule has 1 aromatic heterocycles. The lowest BCUT2D eigenvalue weighted by Gasteiger charge is -2.00. The third-order valence-electron chi connectivity index (χ3n) is 2.83. The summed E-state index contributed by atoms with van der Waals surface area (Å²) in [6, 6.07) is 10.4. The molecule has 20 heavy (non-hydrogen) atoms. The zero-order valence-electron chi connectivity index (χ0n) is 11.0. The summed E-state index contributed by atoms with van der Waals surface area (Å²) in [7, 11) is 0. The van der Waals surface area contributed by atoms with E-state index in [0.29, 0.717) is 5.56 Å². The van der Waals surface area contributed by atoms with Crippen molar-refractivity contribution in [2.24, 2.45) is 0 Å². The lowest BCUT2D eigenvalue weighted by Crippen LogP contribution is -2.10. The number of carbonyl (C=O) groups is 1. The van der Waals surface area contributed by atoms with Gasteiger partial charge in [-0.05, 0) is 47.6 Å². The Kier molecular flexibility index (Phi) is 4.10. The Labute approximate surface area is 116 Å². The first-order valence-corrected chi connectivity index (χ1v) is 6.10. The molecule has 0 saturated heterocycles. The van der Waals surface area contributed by atoms with E-state index >= 15 is 0 Å². The van der Waals surface area contributed by atoms with Gasteiger partial charge < -0.3 is 5.11 Å². The minimum Gasteiger partial charge on any atom is -0.478 e. The van der Waals surface area contributed by atoms with Gasteiger partial charge in [0.15, 0.2) is 0 Å². The van der Waals surface area contributed by atoms with Crippen LogP contribution in [-0.2, 0) is 6.54 Å². The minimum atomic E-state index is -0.955. The molecule has 0 saturated carbocycles. The summed E-state index contributed by atoms with van der Waals surface area (Å²) in [6.45, 7) is 1.99. The summed E-state index contributed by atoms with van der Waals surface area (Å²) in [4.78, 5) is 15.0. The topological polar surface area (TPSA) is 73.4 Å². The third-order valence-corrected chi connectivity index (χ3v) is 2.83. The van der Waals surface area contributed by atoms with Crippen molar-refractivity contribution in [3.8, 4) is 0 Å². The van der Waals surface area contributed by atoms with Crippen molar-refractivity contribution >= 4 is 12.2 Å². The Morgan fingerprint density at radius 3 is 2.75 bits per heavy atom. The summed E-state index contributed by atoms with van der Waals surface area (Å²) in [5, 5.41) is 18.8. The quantitative estimate of drug-likeness (QED) is 0.386. The fraction of sp³-hybridized carbons (Fsp3) is 0.133. The highest BCUT2D eigenvalue weighted by atomic mass is 16.5. The van der Waals surface area contributed by atoms with E-state index in [2.05, 4.69) is 4.98 Å². The summed E-state index contributed by atoms with van der Waals surface area (Å²) < 4.78 is 1.03. The molecule has 0 fully saturated rings. The fourth-order valence-corrected chi connectivity index (χ4v) is 1.88. The van der Waals surface area contributed by atoms with Crippen LogP contribution in [0.1, 0.15) is 27.2 Å². The monoisotopic (exact) mass is 271 g/mol. The van der Waals surface area contributed by atoms with E-state index in [1.54, 1.807) is 25.3 Å². The summed E-state index contributed by atoms with van der Waals surface area (Å²) in [5.74, 6) is -0.955. The molecular formula is C15H15N2O3+. The van der Waals surface area contributed by atoms with Crippen LogP contribution in [0, 0.1) is 6.92 Å². The number of hydrogen-bond donors (Lipinski definition) is 2. The molecule has 0 aliphatic carbocycles. The molecule has 2 N–H and O–H groups in total. The second kappa shape index (κ2) is 5.97. The lowest BCUT2D eigenvalue weighted by molar-refractivity contribution is -0.783. The van der Waals surface area contributed by atoms with E-state index in [1.165, 1.54) is 12.3 Å². The zero-order valence-corrected chi connectivity index (χ0v) is 11.0. The molecule has 2 rings (SSSR count). The highest BCUT2D eigenvalue weighted by Crippen LogP contribution is 2.10. The van der Waals surface area contributed by atoms with Crippen molar-refractivity contribution in [1.82, 2.24) is 4.98 Å². The van der Waals surface area contributed by atoms with Crippen molar-refractivity contribution in [1.29, 1.82) is 0 Å². The molecule has 2 aromatic rings. The molecule has 5 heteroatoms. The maximum absolute atomic E-state index is 10.9.